The van der Waals surface area contributed by atoms with Gasteiger partial charge in [-0.15, -0.1) is 23.2 Å². The van der Waals surface area contributed by atoms with Crippen molar-refractivity contribution in [2.75, 3.05) is 36.1 Å². The van der Waals surface area contributed by atoms with E-state index in [1.54, 1.807) is 0 Å². The molecule has 150 valence electrons. The van der Waals surface area contributed by atoms with Crippen LogP contribution in [0.25, 0.3) is 0 Å². The van der Waals surface area contributed by atoms with Gasteiger partial charge in [0.15, 0.2) is 29.9 Å². The molecule has 2 saturated heterocycles. The second-order valence-corrected chi connectivity index (χ2v) is 12.4. The fourth-order valence-corrected chi connectivity index (χ4v) is 8.27. The van der Waals surface area contributed by atoms with Crippen LogP contribution < -0.4 is 21.3 Å². The Morgan fingerprint density at radius 1 is 0.769 bits per heavy atom. The molecule has 2 aliphatic heterocycles. The number of halogens is 2. The van der Waals surface area contributed by atoms with Crippen molar-refractivity contribution in [3.05, 3.63) is 0 Å². The third kappa shape index (κ3) is 6.79. The Hall–Kier alpha value is -0.140. The average molecular weight is 483 g/mol. The Morgan fingerprint density at radius 3 is 1.38 bits per heavy atom. The third-order valence-corrected chi connectivity index (χ3v) is 9.17. The van der Waals surface area contributed by atoms with E-state index < -0.39 is 42.5 Å². The van der Waals surface area contributed by atoms with Crippen LogP contribution in [0.1, 0.15) is 0 Å². The van der Waals surface area contributed by atoms with Crippen molar-refractivity contribution >= 4 is 77.5 Å². The molecule has 8 nitrogen and oxygen atoms in total. The Kier molecular flexibility index (Phi) is 7.59. The monoisotopic (exact) mass is 482 g/mol. The first kappa shape index (κ1) is 22.2. The van der Waals surface area contributed by atoms with Crippen molar-refractivity contribution < 1.29 is 16.8 Å². The van der Waals surface area contributed by atoms with Crippen LogP contribution >= 0.6 is 47.6 Å². The highest BCUT2D eigenvalue weighted by molar-refractivity contribution is 7.92. The highest BCUT2D eigenvalue weighted by Gasteiger charge is 2.37. The van der Waals surface area contributed by atoms with Crippen LogP contribution in [0.4, 0.5) is 0 Å². The lowest BCUT2D eigenvalue weighted by Gasteiger charge is -2.19. The SMILES string of the molecule is O=S1(=O)CC(Cl)C(NC(=S)NCCNC(=S)NC2CS(=O)(=O)CC2Cl)C1. The van der Waals surface area contributed by atoms with E-state index in [2.05, 4.69) is 21.3 Å². The molecule has 26 heavy (non-hydrogen) atoms. The van der Waals surface area contributed by atoms with Gasteiger partial charge < -0.3 is 21.3 Å². The van der Waals surface area contributed by atoms with Gasteiger partial charge in [-0.3, -0.25) is 0 Å². The molecule has 0 amide bonds. The summed E-state index contributed by atoms with van der Waals surface area (Å²) in [6.07, 6.45) is 0. The van der Waals surface area contributed by atoms with Gasteiger partial charge in [0.25, 0.3) is 0 Å². The normalized spacial score (nSPS) is 31.9. The predicted octanol–water partition coefficient (Wildman–Crippen LogP) is -1.28. The topological polar surface area (TPSA) is 116 Å². The predicted molar refractivity (Wildman–Crippen MR) is 112 cm³/mol. The molecule has 2 fully saturated rings. The van der Waals surface area contributed by atoms with E-state index in [-0.39, 0.29) is 23.0 Å². The number of hydrogen-bond acceptors (Lipinski definition) is 6. The number of sulfone groups is 2. The summed E-state index contributed by atoms with van der Waals surface area (Å²) in [6, 6.07) is -0.829. The fraction of sp³-hybridized carbons (Fsp3) is 0.833. The molecular weight excluding hydrogens is 463 g/mol. The molecule has 14 heteroatoms. The average Bonchev–Trinajstić information content (AvgIpc) is 2.88. The molecule has 0 radical (unpaired) electrons. The van der Waals surface area contributed by atoms with Crippen molar-refractivity contribution in [1.29, 1.82) is 0 Å². The number of rotatable bonds is 5. The summed E-state index contributed by atoms with van der Waals surface area (Å²) in [7, 11) is -6.25. The standard InChI is InChI=1S/C12H20Cl2N4O4S4/c13-7-3-25(19,20)5-9(7)17-11(23)15-1-2-16-12(24)18-10-6-26(21,22)4-8(10)14/h7-10H,1-6H2,(H2,15,17,23)(H2,16,18,24). The lowest BCUT2D eigenvalue weighted by atomic mass is 10.2. The Bertz CT molecular complexity index is 697. The minimum absolute atomic E-state index is 0.0425. The smallest absolute Gasteiger partial charge is 0.166 e. The molecule has 0 spiro atoms. The zero-order chi connectivity index (χ0) is 19.5. The first-order valence-electron chi connectivity index (χ1n) is 7.75. The van der Waals surface area contributed by atoms with E-state index in [0.717, 1.165) is 0 Å². The molecule has 4 N–H and O–H groups in total. The third-order valence-electron chi connectivity index (χ3n) is 3.90. The minimum atomic E-state index is -3.12. The maximum absolute atomic E-state index is 11.5. The summed E-state index contributed by atoms with van der Waals surface area (Å²) in [6.45, 7) is 0.848. The van der Waals surface area contributed by atoms with E-state index in [4.69, 9.17) is 47.6 Å². The van der Waals surface area contributed by atoms with Gasteiger partial charge in [0.2, 0.25) is 0 Å². The largest absolute Gasteiger partial charge is 0.361 e. The first-order chi connectivity index (χ1) is 12.0. The quantitative estimate of drug-likeness (QED) is 0.214. The molecule has 0 bridgehead atoms. The molecular formula is C12H20Cl2N4O4S4. The fourth-order valence-electron chi connectivity index (χ4n) is 2.66. The van der Waals surface area contributed by atoms with Gasteiger partial charge >= 0.3 is 0 Å². The summed E-state index contributed by atoms with van der Waals surface area (Å²) in [4.78, 5) is 0. The van der Waals surface area contributed by atoms with E-state index >= 15 is 0 Å². The Balaban J connectivity index is 1.63. The van der Waals surface area contributed by atoms with E-state index in [0.29, 0.717) is 23.3 Å². The van der Waals surface area contributed by atoms with Gasteiger partial charge in [-0.05, 0) is 24.4 Å². The lowest BCUT2D eigenvalue weighted by molar-refractivity contribution is 0.597. The molecule has 2 heterocycles. The number of hydrogen-bond donors (Lipinski definition) is 4. The summed E-state index contributed by atoms with van der Waals surface area (Å²) < 4.78 is 46.0. The molecule has 2 rings (SSSR count). The maximum Gasteiger partial charge on any atom is 0.166 e. The highest BCUT2D eigenvalue weighted by atomic mass is 35.5. The molecule has 0 aliphatic carbocycles. The van der Waals surface area contributed by atoms with Gasteiger partial charge in [-0.2, -0.15) is 0 Å². The van der Waals surface area contributed by atoms with Crippen LogP contribution in [0.3, 0.4) is 0 Å². The van der Waals surface area contributed by atoms with Gasteiger partial charge in [0.05, 0.1) is 45.8 Å². The molecule has 4 unspecified atom stereocenters. The molecule has 0 saturated carbocycles. The summed E-state index contributed by atoms with van der Waals surface area (Å²) in [5, 5.41) is 11.2. The summed E-state index contributed by atoms with van der Waals surface area (Å²) in [5.41, 5.74) is 0. The number of alkyl halides is 2. The second-order valence-electron chi connectivity index (χ2n) is 6.20. The number of thiocarbonyl (C=S) groups is 2. The Labute approximate surface area is 174 Å². The highest BCUT2D eigenvalue weighted by Crippen LogP contribution is 2.18. The summed E-state index contributed by atoms with van der Waals surface area (Å²) >= 11 is 22.2. The molecule has 0 aromatic rings. The molecule has 0 aromatic carbocycles. The van der Waals surface area contributed by atoms with Crippen LogP contribution in [-0.2, 0) is 19.7 Å². The maximum atomic E-state index is 11.5. The van der Waals surface area contributed by atoms with Gasteiger partial charge in [-0.1, -0.05) is 0 Å². The second kappa shape index (κ2) is 8.91. The molecule has 0 aromatic heterocycles. The van der Waals surface area contributed by atoms with Crippen molar-refractivity contribution in [2.24, 2.45) is 0 Å². The van der Waals surface area contributed by atoms with E-state index in [1.807, 2.05) is 0 Å². The number of nitrogens with one attached hydrogen (secondary N) is 4. The van der Waals surface area contributed by atoms with Gasteiger partial charge in [0.1, 0.15) is 0 Å². The minimum Gasteiger partial charge on any atom is -0.361 e. The zero-order valence-corrected chi connectivity index (χ0v) is 18.4. The van der Waals surface area contributed by atoms with Crippen molar-refractivity contribution in [3.8, 4) is 0 Å². The van der Waals surface area contributed by atoms with Crippen LogP contribution in [0.15, 0.2) is 0 Å². The van der Waals surface area contributed by atoms with Crippen LogP contribution in [0, 0.1) is 0 Å². The van der Waals surface area contributed by atoms with Crippen molar-refractivity contribution in [3.63, 3.8) is 0 Å². The van der Waals surface area contributed by atoms with Gasteiger partial charge in [0, 0.05) is 13.1 Å². The molecule has 2 aliphatic rings. The zero-order valence-electron chi connectivity index (χ0n) is 13.6. The van der Waals surface area contributed by atoms with Crippen LogP contribution in [0.5, 0.6) is 0 Å². The van der Waals surface area contributed by atoms with Crippen molar-refractivity contribution in [1.82, 2.24) is 21.3 Å². The summed E-state index contributed by atoms with van der Waals surface area (Å²) in [5.74, 6) is -0.207. The van der Waals surface area contributed by atoms with Crippen LogP contribution in [0.2, 0.25) is 0 Å². The molecule has 4 atom stereocenters. The van der Waals surface area contributed by atoms with E-state index in [1.165, 1.54) is 0 Å². The first-order valence-corrected chi connectivity index (χ1v) is 13.1. The Morgan fingerprint density at radius 2 is 1.12 bits per heavy atom. The van der Waals surface area contributed by atoms with Crippen LogP contribution in [-0.4, -0.2) is 86.0 Å². The van der Waals surface area contributed by atoms with Gasteiger partial charge in [-0.25, -0.2) is 16.8 Å². The van der Waals surface area contributed by atoms with Crippen molar-refractivity contribution in [2.45, 2.75) is 22.8 Å². The lowest BCUT2D eigenvalue weighted by Crippen LogP contribution is -2.49. The van der Waals surface area contributed by atoms with E-state index in [9.17, 15) is 16.8 Å².